The minimum atomic E-state index is -0.703. The summed E-state index contributed by atoms with van der Waals surface area (Å²) in [5.41, 5.74) is 0.575. The van der Waals surface area contributed by atoms with Gasteiger partial charge in [-0.15, -0.1) is 0 Å². The van der Waals surface area contributed by atoms with Gasteiger partial charge in [-0.3, -0.25) is 0 Å². The van der Waals surface area contributed by atoms with Gasteiger partial charge in [-0.2, -0.15) is 0 Å². The third kappa shape index (κ3) is 6.22. The highest BCUT2D eigenvalue weighted by Gasteiger charge is 2.16. The second kappa shape index (κ2) is 10.0. The first-order valence-electron chi connectivity index (χ1n) is 8.30. The summed E-state index contributed by atoms with van der Waals surface area (Å²) in [7, 11) is 0. The SMILES string of the molecule is CCOC(=O)/C(C)=C(/CC)NC(=O)Nc1cc(OC(C)C)c(Cl)cc1F. The summed E-state index contributed by atoms with van der Waals surface area (Å²) >= 11 is 5.94. The van der Waals surface area contributed by atoms with Crippen molar-refractivity contribution < 1.29 is 23.5 Å². The Morgan fingerprint density at radius 3 is 2.46 bits per heavy atom. The number of hydrogen-bond donors (Lipinski definition) is 2. The Balaban J connectivity index is 2.96. The maximum atomic E-state index is 14.1. The molecular weight excluding hydrogens is 363 g/mol. The molecule has 0 saturated heterocycles. The standard InChI is InChI=1S/C18H24ClFN2O4/c1-6-14(11(5)17(23)25-7-2)21-18(24)22-15-9-16(26-10(3)4)12(19)8-13(15)20/h8-10H,6-7H2,1-5H3,(H2,21,22,24)/b14-11-. The number of amides is 2. The summed E-state index contributed by atoms with van der Waals surface area (Å²) in [6.07, 6.45) is 0.226. The monoisotopic (exact) mass is 386 g/mol. The van der Waals surface area contributed by atoms with Crippen LogP contribution < -0.4 is 15.4 Å². The number of carbonyl (C=O) groups is 2. The van der Waals surface area contributed by atoms with E-state index in [1.54, 1.807) is 34.6 Å². The molecule has 0 atom stereocenters. The molecule has 26 heavy (non-hydrogen) atoms. The van der Waals surface area contributed by atoms with E-state index in [2.05, 4.69) is 10.6 Å². The lowest BCUT2D eigenvalue weighted by Gasteiger charge is -2.15. The lowest BCUT2D eigenvalue weighted by atomic mass is 10.2. The molecule has 0 radical (unpaired) electrons. The fraction of sp³-hybridized carbons (Fsp3) is 0.444. The van der Waals surface area contributed by atoms with E-state index in [1.165, 1.54) is 6.07 Å². The Labute approximate surface area is 157 Å². The van der Waals surface area contributed by atoms with Gasteiger partial charge >= 0.3 is 12.0 Å². The number of benzene rings is 1. The fourth-order valence-electron chi connectivity index (χ4n) is 2.07. The first-order valence-corrected chi connectivity index (χ1v) is 8.67. The molecule has 1 aromatic carbocycles. The van der Waals surface area contributed by atoms with Crippen LogP contribution in [0.3, 0.4) is 0 Å². The Morgan fingerprint density at radius 2 is 1.92 bits per heavy atom. The second-order valence-corrected chi connectivity index (χ2v) is 6.09. The first kappa shape index (κ1) is 21.8. The molecule has 0 heterocycles. The van der Waals surface area contributed by atoms with Crippen LogP contribution in [0.4, 0.5) is 14.9 Å². The van der Waals surface area contributed by atoms with Crippen LogP contribution in [0.2, 0.25) is 5.02 Å². The number of halogens is 2. The number of nitrogens with one attached hydrogen (secondary N) is 2. The van der Waals surface area contributed by atoms with Gasteiger partial charge in [0.25, 0.3) is 0 Å². The smallest absolute Gasteiger partial charge is 0.335 e. The third-order valence-corrected chi connectivity index (χ3v) is 3.58. The van der Waals surface area contributed by atoms with E-state index in [9.17, 15) is 14.0 Å². The molecule has 0 aromatic heterocycles. The number of allylic oxidation sites excluding steroid dienone is 1. The van der Waals surface area contributed by atoms with Crippen molar-refractivity contribution >= 4 is 29.3 Å². The lowest BCUT2D eigenvalue weighted by molar-refractivity contribution is -0.138. The number of esters is 1. The summed E-state index contributed by atoms with van der Waals surface area (Å²) in [6, 6.07) is 1.68. The highest BCUT2D eigenvalue weighted by Crippen LogP contribution is 2.31. The average Bonchev–Trinajstić information content (AvgIpc) is 2.56. The molecule has 0 saturated carbocycles. The number of rotatable bonds is 7. The predicted octanol–water partition coefficient (Wildman–Crippen LogP) is 4.63. The normalized spacial score (nSPS) is 11.7. The highest BCUT2D eigenvalue weighted by molar-refractivity contribution is 6.32. The summed E-state index contributed by atoms with van der Waals surface area (Å²) in [4.78, 5) is 24.0. The molecule has 2 amide bonds. The maximum Gasteiger partial charge on any atom is 0.335 e. The van der Waals surface area contributed by atoms with Crippen molar-refractivity contribution in [3.8, 4) is 5.75 Å². The van der Waals surface area contributed by atoms with Crippen LogP contribution >= 0.6 is 11.6 Å². The van der Waals surface area contributed by atoms with Gasteiger partial charge in [-0.05, 0) is 40.2 Å². The van der Waals surface area contributed by atoms with Crippen molar-refractivity contribution in [2.75, 3.05) is 11.9 Å². The lowest BCUT2D eigenvalue weighted by Crippen LogP contribution is -2.30. The summed E-state index contributed by atoms with van der Waals surface area (Å²) < 4.78 is 24.5. The predicted molar refractivity (Wildman–Crippen MR) is 99.0 cm³/mol. The Hall–Kier alpha value is -2.28. The molecule has 6 nitrogen and oxygen atoms in total. The summed E-state index contributed by atoms with van der Waals surface area (Å²) in [5.74, 6) is -0.965. The maximum absolute atomic E-state index is 14.1. The summed E-state index contributed by atoms with van der Waals surface area (Å²) in [5, 5.41) is 5.04. The quantitative estimate of drug-likeness (QED) is 0.529. The number of anilines is 1. The molecule has 0 fully saturated rings. The van der Waals surface area contributed by atoms with Crippen LogP contribution in [0.1, 0.15) is 41.0 Å². The van der Waals surface area contributed by atoms with Crippen molar-refractivity contribution in [1.29, 1.82) is 0 Å². The highest BCUT2D eigenvalue weighted by atomic mass is 35.5. The minimum absolute atomic E-state index is 0.0909. The number of urea groups is 1. The van der Waals surface area contributed by atoms with Crippen molar-refractivity contribution in [2.45, 2.75) is 47.1 Å². The van der Waals surface area contributed by atoms with E-state index in [0.717, 1.165) is 6.07 Å². The van der Waals surface area contributed by atoms with E-state index < -0.39 is 17.8 Å². The van der Waals surface area contributed by atoms with E-state index in [4.69, 9.17) is 21.1 Å². The Bertz CT molecular complexity index is 705. The van der Waals surface area contributed by atoms with Crippen molar-refractivity contribution in [3.05, 3.63) is 34.2 Å². The van der Waals surface area contributed by atoms with Gasteiger partial charge in [0, 0.05) is 11.8 Å². The van der Waals surface area contributed by atoms with Crippen LogP contribution in [-0.4, -0.2) is 24.7 Å². The molecular formula is C18H24ClFN2O4. The Morgan fingerprint density at radius 1 is 1.27 bits per heavy atom. The van der Waals surface area contributed by atoms with Crippen LogP contribution in [0, 0.1) is 5.82 Å². The minimum Gasteiger partial charge on any atom is -0.489 e. The van der Waals surface area contributed by atoms with Gasteiger partial charge in [-0.25, -0.2) is 14.0 Å². The molecule has 0 bridgehead atoms. The topological polar surface area (TPSA) is 76.7 Å². The van der Waals surface area contributed by atoms with Crippen molar-refractivity contribution in [1.82, 2.24) is 5.32 Å². The zero-order valence-electron chi connectivity index (χ0n) is 15.5. The zero-order chi connectivity index (χ0) is 19.9. The van der Waals surface area contributed by atoms with Gasteiger partial charge in [0.05, 0.1) is 29.0 Å². The second-order valence-electron chi connectivity index (χ2n) is 5.69. The molecule has 2 N–H and O–H groups in total. The first-order chi connectivity index (χ1) is 12.2. The molecule has 1 rings (SSSR count). The van der Waals surface area contributed by atoms with Gasteiger partial charge in [0.1, 0.15) is 11.6 Å². The molecule has 0 spiro atoms. The van der Waals surface area contributed by atoms with Crippen LogP contribution in [0.15, 0.2) is 23.4 Å². The molecule has 144 valence electrons. The van der Waals surface area contributed by atoms with E-state index in [1.807, 2.05) is 0 Å². The van der Waals surface area contributed by atoms with Gasteiger partial charge < -0.3 is 20.1 Å². The average molecular weight is 387 g/mol. The van der Waals surface area contributed by atoms with E-state index in [0.29, 0.717) is 12.1 Å². The van der Waals surface area contributed by atoms with E-state index >= 15 is 0 Å². The van der Waals surface area contributed by atoms with Gasteiger partial charge in [0.2, 0.25) is 0 Å². The number of hydrogen-bond acceptors (Lipinski definition) is 4. The summed E-state index contributed by atoms with van der Waals surface area (Å²) in [6.45, 7) is 8.85. The largest absolute Gasteiger partial charge is 0.489 e. The number of carbonyl (C=O) groups excluding carboxylic acids is 2. The molecule has 0 aliphatic carbocycles. The van der Waals surface area contributed by atoms with Gasteiger partial charge in [0.15, 0.2) is 0 Å². The number of ether oxygens (including phenoxy) is 2. The van der Waals surface area contributed by atoms with E-state index in [-0.39, 0.29) is 34.7 Å². The van der Waals surface area contributed by atoms with Crippen molar-refractivity contribution in [2.24, 2.45) is 0 Å². The Kier molecular flexibility index (Phi) is 8.38. The molecule has 0 aliphatic heterocycles. The fourth-order valence-corrected chi connectivity index (χ4v) is 2.26. The molecule has 1 aromatic rings. The van der Waals surface area contributed by atoms with Crippen LogP contribution in [-0.2, 0) is 9.53 Å². The van der Waals surface area contributed by atoms with Crippen LogP contribution in [0.25, 0.3) is 0 Å². The molecule has 0 aliphatic rings. The molecule has 0 unspecified atom stereocenters. The van der Waals surface area contributed by atoms with Gasteiger partial charge in [-0.1, -0.05) is 18.5 Å². The molecule has 8 heteroatoms. The van der Waals surface area contributed by atoms with Crippen molar-refractivity contribution in [3.63, 3.8) is 0 Å². The zero-order valence-corrected chi connectivity index (χ0v) is 16.3. The van der Waals surface area contributed by atoms with Crippen LogP contribution in [0.5, 0.6) is 5.75 Å². The third-order valence-electron chi connectivity index (χ3n) is 3.28.